The number of pyridine rings is 1. The first-order valence-corrected chi connectivity index (χ1v) is 5.46. The molecule has 0 amide bonds. The molecule has 0 atom stereocenters. The molecule has 0 aliphatic carbocycles. The second-order valence-electron chi connectivity index (χ2n) is 4.81. The Morgan fingerprint density at radius 3 is 2.75 bits per heavy atom. The van der Waals surface area contributed by atoms with E-state index in [4.69, 9.17) is 0 Å². The van der Waals surface area contributed by atoms with Gasteiger partial charge in [-0.05, 0) is 24.1 Å². The molecular formula is C12H16F2N2. The number of hydrogen-bond acceptors (Lipinski definition) is 2. The predicted octanol–water partition coefficient (Wildman–Crippen LogP) is 2.74. The molecule has 0 fully saturated rings. The van der Waals surface area contributed by atoms with E-state index in [9.17, 15) is 8.78 Å². The molecule has 88 valence electrons. The summed E-state index contributed by atoms with van der Waals surface area (Å²) in [6.07, 6.45) is 1.57. The van der Waals surface area contributed by atoms with Gasteiger partial charge in [0.25, 0.3) is 0 Å². The minimum Gasteiger partial charge on any atom is -0.296 e. The lowest BCUT2D eigenvalue weighted by atomic mass is 9.97. The molecule has 2 heterocycles. The molecule has 2 rings (SSSR count). The van der Waals surface area contributed by atoms with Gasteiger partial charge in [-0.2, -0.15) is 8.78 Å². The Morgan fingerprint density at radius 1 is 1.44 bits per heavy atom. The highest BCUT2D eigenvalue weighted by Crippen LogP contribution is 2.35. The molecule has 1 aromatic rings. The highest BCUT2D eigenvalue weighted by Gasteiger charge is 2.40. The van der Waals surface area contributed by atoms with Crippen LogP contribution in [0.2, 0.25) is 0 Å². The van der Waals surface area contributed by atoms with Gasteiger partial charge in [0.2, 0.25) is 0 Å². The van der Waals surface area contributed by atoms with E-state index in [1.807, 2.05) is 19.9 Å². The van der Waals surface area contributed by atoms with Crippen LogP contribution < -0.4 is 0 Å². The van der Waals surface area contributed by atoms with Gasteiger partial charge in [-0.1, -0.05) is 19.9 Å². The van der Waals surface area contributed by atoms with Crippen LogP contribution in [0.1, 0.15) is 36.6 Å². The number of hydrogen-bond donors (Lipinski definition) is 0. The van der Waals surface area contributed by atoms with Crippen molar-refractivity contribution >= 4 is 0 Å². The minimum atomic E-state index is -2.82. The highest BCUT2D eigenvalue weighted by molar-refractivity contribution is 5.31. The van der Waals surface area contributed by atoms with Gasteiger partial charge < -0.3 is 0 Å². The zero-order chi connectivity index (χ0) is 11.9. The van der Waals surface area contributed by atoms with E-state index in [1.54, 1.807) is 18.1 Å². The van der Waals surface area contributed by atoms with Gasteiger partial charge in [0.15, 0.2) is 0 Å². The summed E-state index contributed by atoms with van der Waals surface area (Å²) < 4.78 is 27.4. The predicted molar refractivity (Wildman–Crippen MR) is 58.6 cm³/mol. The zero-order valence-corrected chi connectivity index (χ0v) is 9.80. The molecule has 4 heteroatoms. The van der Waals surface area contributed by atoms with Crippen molar-refractivity contribution in [2.75, 3.05) is 13.6 Å². The summed E-state index contributed by atoms with van der Waals surface area (Å²) in [5, 5.41) is 0. The number of halogens is 2. The number of likely N-dealkylation sites (N-methyl/N-ethyl adjacent to an activating group) is 1. The lowest BCUT2D eigenvalue weighted by Gasteiger charge is -2.31. The van der Waals surface area contributed by atoms with Crippen molar-refractivity contribution in [2.24, 2.45) is 0 Å². The van der Waals surface area contributed by atoms with Crippen LogP contribution in [0, 0.1) is 0 Å². The van der Waals surface area contributed by atoms with E-state index in [-0.39, 0.29) is 12.2 Å². The summed E-state index contributed by atoms with van der Waals surface area (Å²) >= 11 is 0. The Balaban J connectivity index is 2.47. The van der Waals surface area contributed by atoms with Gasteiger partial charge >= 0.3 is 5.92 Å². The van der Waals surface area contributed by atoms with Gasteiger partial charge in [0.05, 0.1) is 6.54 Å². The average Bonchev–Trinajstić information content (AvgIpc) is 2.14. The van der Waals surface area contributed by atoms with Crippen molar-refractivity contribution in [1.82, 2.24) is 9.88 Å². The smallest absolute Gasteiger partial charge is 0.296 e. The van der Waals surface area contributed by atoms with Crippen molar-refractivity contribution in [3.63, 3.8) is 0 Å². The SMILES string of the molecule is CC(C)c1cnc2c(c1)CN(C)CC2(F)F. The number of aromatic nitrogens is 1. The summed E-state index contributed by atoms with van der Waals surface area (Å²) in [7, 11) is 1.71. The third-order valence-electron chi connectivity index (χ3n) is 2.91. The third kappa shape index (κ3) is 1.94. The number of fused-ring (bicyclic) bond motifs is 1. The van der Waals surface area contributed by atoms with Crippen molar-refractivity contribution in [1.29, 1.82) is 0 Å². The Kier molecular flexibility index (Phi) is 2.70. The van der Waals surface area contributed by atoms with Crippen molar-refractivity contribution < 1.29 is 8.78 Å². The molecule has 0 radical (unpaired) electrons. The molecule has 0 unspecified atom stereocenters. The lowest BCUT2D eigenvalue weighted by molar-refractivity contribution is -0.0497. The fourth-order valence-electron chi connectivity index (χ4n) is 2.05. The van der Waals surface area contributed by atoms with E-state index >= 15 is 0 Å². The maximum Gasteiger partial charge on any atom is 0.302 e. The zero-order valence-electron chi connectivity index (χ0n) is 9.80. The van der Waals surface area contributed by atoms with Crippen LogP contribution in [0.5, 0.6) is 0 Å². The Hall–Kier alpha value is -1.03. The second kappa shape index (κ2) is 3.77. The molecule has 0 N–H and O–H groups in total. The van der Waals surface area contributed by atoms with Gasteiger partial charge in [0.1, 0.15) is 5.69 Å². The Morgan fingerprint density at radius 2 is 2.12 bits per heavy atom. The normalized spacial score (nSPS) is 19.9. The number of nitrogens with zero attached hydrogens (tertiary/aromatic N) is 2. The summed E-state index contributed by atoms with van der Waals surface area (Å²) in [4.78, 5) is 5.58. The molecule has 0 bridgehead atoms. The average molecular weight is 226 g/mol. The fourth-order valence-corrected chi connectivity index (χ4v) is 2.05. The molecule has 0 spiro atoms. The van der Waals surface area contributed by atoms with Gasteiger partial charge in [-0.3, -0.25) is 9.88 Å². The van der Waals surface area contributed by atoms with Crippen molar-refractivity contribution in [2.45, 2.75) is 32.2 Å². The second-order valence-corrected chi connectivity index (χ2v) is 4.81. The maximum absolute atomic E-state index is 13.7. The minimum absolute atomic E-state index is 0.0463. The first-order chi connectivity index (χ1) is 7.40. The standard InChI is InChI=1S/C12H16F2N2/c1-8(2)9-4-10-6-16(3)7-12(13,14)11(10)15-5-9/h4-5,8H,6-7H2,1-3H3. The number of alkyl halides is 2. The summed E-state index contributed by atoms with van der Waals surface area (Å²) in [5.41, 5.74) is 1.63. The van der Waals surface area contributed by atoms with Gasteiger partial charge in [-0.15, -0.1) is 0 Å². The maximum atomic E-state index is 13.7. The van der Waals surface area contributed by atoms with E-state index in [1.165, 1.54) is 0 Å². The largest absolute Gasteiger partial charge is 0.302 e. The third-order valence-corrected chi connectivity index (χ3v) is 2.91. The Labute approximate surface area is 94.3 Å². The van der Waals surface area contributed by atoms with Crippen molar-refractivity contribution in [3.8, 4) is 0 Å². The summed E-state index contributed by atoms with van der Waals surface area (Å²) in [6, 6.07) is 1.86. The van der Waals surface area contributed by atoms with E-state index < -0.39 is 5.92 Å². The van der Waals surface area contributed by atoms with Crippen LogP contribution in [0.15, 0.2) is 12.3 Å². The highest BCUT2D eigenvalue weighted by atomic mass is 19.3. The van der Waals surface area contributed by atoms with E-state index in [2.05, 4.69) is 4.98 Å². The molecule has 0 saturated carbocycles. The van der Waals surface area contributed by atoms with Crippen molar-refractivity contribution in [3.05, 3.63) is 29.1 Å². The van der Waals surface area contributed by atoms with Crippen LogP contribution in [-0.2, 0) is 12.5 Å². The molecule has 0 saturated heterocycles. The molecular weight excluding hydrogens is 210 g/mol. The van der Waals surface area contributed by atoms with E-state index in [0.717, 1.165) is 5.56 Å². The molecule has 0 aromatic carbocycles. The summed E-state index contributed by atoms with van der Waals surface area (Å²) in [5.74, 6) is -2.50. The van der Waals surface area contributed by atoms with Gasteiger partial charge in [0, 0.05) is 12.7 Å². The monoisotopic (exact) mass is 226 g/mol. The molecule has 1 aliphatic heterocycles. The summed E-state index contributed by atoms with van der Waals surface area (Å²) in [6.45, 7) is 4.38. The molecule has 1 aromatic heterocycles. The van der Waals surface area contributed by atoms with Crippen LogP contribution in [0.3, 0.4) is 0 Å². The Bertz CT molecular complexity index is 402. The first kappa shape index (κ1) is 11.5. The topological polar surface area (TPSA) is 16.1 Å². The molecule has 2 nitrogen and oxygen atoms in total. The lowest BCUT2D eigenvalue weighted by Crippen LogP contribution is -2.39. The quantitative estimate of drug-likeness (QED) is 0.732. The van der Waals surface area contributed by atoms with E-state index in [0.29, 0.717) is 18.0 Å². The van der Waals surface area contributed by atoms with Crippen LogP contribution in [0.4, 0.5) is 8.78 Å². The van der Waals surface area contributed by atoms with Crippen LogP contribution in [0.25, 0.3) is 0 Å². The van der Waals surface area contributed by atoms with Crippen LogP contribution >= 0.6 is 0 Å². The number of rotatable bonds is 1. The molecule has 16 heavy (non-hydrogen) atoms. The fraction of sp³-hybridized carbons (Fsp3) is 0.583. The van der Waals surface area contributed by atoms with Gasteiger partial charge in [-0.25, -0.2) is 0 Å². The molecule has 1 aliphatic rings. The first-order valence-electron chi connectivity index (χ1n) is 5.46. The van der Waals surface area contributed by atoms with Crippen LogP contribution in [-0.4, -0.2) is 23.5 Å².